The summed E-state index contributed by atoms with van der Waals surface area (Å²) in [6, 6.07) is 20.5. The summed E-state index contributed by atoms with van der Waals surface area (Å²) in [5, 5.41) is 2.92. The molecule has 0 atom stereocenters. The number of anilines is 1. The van der Waals surface area contributed by atoms with E-state index < -0.39 is 5.54 Å². The van der Waals surface area contributed by atoms with Gasteiger partial charge in [-0.2, -0.15) is 0 Å². The second-order valence-electron chi connectivity index (χ2n) is 10.7. The van der Waals surface area contributed by atoms with Crippen molar-refractivity contribution in [3.05, 3.63) is 77.9 Å². The summed E-state index contributed by atoms with van der Waals surface area (Å²) in [7, 11) is 3.04. The number of piperidine rings is 1. The van der Waals surface area contributed by atoms with Gasteiger partial charge in [0.1, 0.15) is 29.1 Å². The van der Waals surface area contributed by atoms with Crippen molar-refractivity contribution < 1.29 is 33.3 Å². The number of benzene rings is 3. The molecule has 0 unspecified atom stereocenters. The normalized spacial score (nSPS) is 16.9. The van der Waals surface area contributed by atoms with Gasteiger partial charge in [-0.3, -0.25) is 14.4 Å². The second-order valence-corrected chi connectivity index (χ2v) is 10.7. The van der Waals surface area contributed by atoms with Crippen LogP contribution >= 0.6 is 0 Å². The molecule has 3 aliphatic heterocycles. The lowest BCUT2D eigenvalue weighted by Gasteiger charge is -2.43. The highest BCUT2D eigenvalue weighted by Gasteiger charge is 2.54. The van der Waals surface area contributed by atoms with Gasteiger partial charge in [-0.1, -0.05) is 30.3 Å². The zero-order valence-electron chi connectivity index (χ0n) is 24.2. The van der Waals surface area contributed by atoms with Crippen molar-refractivity contribution in [1.29, 1.82) is 0 Å². The van der Waals surface area contributed by atoms with E-state index in [0.717, 1.165) is 11.3 Å². The van der Waals surface area contributed by atoms with Gasteiger partial charge in [0, 0.05) is 25.3 Å². The Labute approximate surface area is 249 Å². The first kappa shape index (κ1) is 28.2. The van der Waals surface area contributed by atoms with E-state index in [1.54, 1.807) is 28.0 Å². The number of nitrogens with zero attached hydrogens (tertiary/aromatic N) is 3. The number of ether oxygens (including phenoxy) is 4. The molecule has 11 nitrogen and oxygen atoms in total. The van der Waals surface area contributed by atoms with Crippen LogP contribution in [-0.2, 0) is 16.1 Å². The van der Waals surface area contributed by atoms with Gasteiger partial charge in [0.05, 0.1) is 20.9 Å². The maximum Gasteiger partial charge on any atom is 0.261 e. The fourth-order valence-corrected chi connectivity index (χ4v) is 6.10. The molecule has 6 rings (SSSR count). The zero-order chi connectivity index (χ0) is 30.0. The zero-order valence-corrected chi connectivity index (χ0v) is 24.2. The molecule has 3 aromatic carbocycles. The number of carbonyl (C=O) groups is 3. The first-order valence-electron chi connectivity index (χ1n) is 14.2. The van der Waals surface area contributed by atoms with Gasteiger partial charge < -0.3 is 39.0 Å². The molecule has 224 valence electrons. The number of likely N-dealkylation sites (tertiary alicyclic amines) is 1. The van der Waals surface area contributed by atoms with Crippen LogP contribution < -0.4 is 29.2 Å². The van der Waals surface area contributed by atoms with Crippen LogP contribution in [0.2, 0.25) is 0 Å². The third-order valence-corrected chi connectivity index (χ3v) is 8.36. The monoisotopic (exact) mass is 586 g/mol. The number of nitrogens with one attached hydrogen (secondary N) is 1. The molecule has 2 fully saturated rings. The van der Waals surface area contributed by atoms with Crippen LogP contribution in [0.4, 0.5) is 5.69 Å². The lowest BCUT2D eigenvalue weighted by molar-refractivity contribution is -0.137. The van der Waals surface area contributed by atoms with Crippen LogP contribution in [0.5, 0.6) is 23.0 Å². The molecule has 3 aromatic rings. The standard InChI is InChI=1S/C32H34N4O7/c1-40-25-9-6-10-26(41-2)29(25)30(38)34-15-13-32(14-16-34)31(39)35(20-36(32)23-7-4-3-5-8-23)19-28(37)33-18-22-11-12-24-27(17-22)43-21-42-24/h3-12,17H,13-16,18-21H2,1-2H3,(H,33,37). The summed E-state index contributed by atoms with van der Waals surface area (Å²) in [6.45, 7) is 1.40. The first-order chi connectivity index (χ1) is 20.9. The van der Waals surface area contributed by atoms with Gasteiger partial charge in [0.25, 0.3) is 11.8 Å². The van der Waals surface area contributed by atoms with Crippen LogP contribution in [-0.4, -0.2) is 80.4 Å². The van der Waals surface area contributed by atoms with Gasteiger partial charge in [-0.05, 0) is 54.8 Å². The molecule has 43 heavy (non-hydrogen) atoms. The summed E-state index contributed by atoms with van der Waals surface area (Å²) in [5.74, 6) is 1.62. The molecule has 0 saturated carbocycles. The number of fused-ring (bicyclic) bond motifs is 1. The molecule has 11 heteroatoms. The van der Waals surface area contributed by atoms with Gasteiger partial charge in [-0.15, -0.1) is 0 Å². The van der Waals surface area contributed by atoms with E-state index in [2.05, 4.69) is 10.2 Å². The Balaban J connectivity index is 1.17. The lowest BCUT2D eigenvalue weighted by Crippen LogP contribution is -2.57. The van der Waals surface area contributed by atoms with Crippen LogP contribution in [0.25, 0.3) is 0 Å². The molecular formula is C32H34N4O7. The summed E-state index contributed by atoms with van der Waals surface area (Å²) in [5.41, 5.74) is 1.25. The van der Waals surface area contributed by atoms with Crippen molar-refractivity contribution in [3.8, 4) is 23.0 Å². The molecule has 3 amide bonds. The van der Waals surface area contributed by atoms with Crippen molar-refractivity contribution in [2.45, 2.75) is 24.9 Å². The number of amides is 3. The number of rotatable bonds is 8. The number of hydrogen-bond acceptors (Lipinski definition) is 8. The minimum atomic E-state index is -0.874. The van der Waals surface area contributed by atoms with Gasteiger partial charge in [-0.25, -0.2) is 0 Å². The Kier molecular flexibility index (Phi) is 7.71. The minimum Gasteiger partial charge on any atom is -0.496 e. The smallest absolute Gasteiger partial charge is 0.261 e. The van der Waals surface area contributed by atoms with Gasteiger partial charge >= 0.3 is 0 Å². The fourth-order valence-electron chi connectivity index (χ4n) is 6.10. The average Bonchev–Trinajstić information content (AvgIpc) is 3.62. The summed E-state index contributed by atoms with van der Waals surface area (Å²) < 4.78 is 21.7. The Bertz CT molecular complexity index is 1500. The number of methoxy groups -OCH3 is 2. The van der Waals surface area contributed by atoms with Crippen LogP contribution in [0.15, 0.2) is 66.7 Å². The Hall–Kier alpha value is -4.93. The van der Waals surface area contributed by atoms with E-state index in [9.17, 15) is 14.4 Å². The van der Waals surface area contributed by atoms with E-state index in [1.165, 1.54) is 14.2 Å². The second kappa shape index (κ2) is 11.7. The lowest BCUT2D eigenvalue weighted by atomic mass is 9.85. The molecular weight excluding hydrogens is 552 g/mol. The van der Waals surface area contributed by atoms with E-state index in [4.69, 9.17) is 18.9 Å². The Morgan fingerprint density at radius 1 is 0.907 bits per heavy atom. The third-order valence-electron chi connectivity index (χ3n) is 8.36. The quantitative estimate of drug-likeness (QED) is 0.429. The predicted octanol–water partition coefficient (Wildman–Crippen LogP) is 3.03. The van der Waals surface area contributed by atoms with Gasteiger partial charge in [0.15, 0.2) is 11.5 Å². The molecule has 2 saturated heterocycles. The summed E-state index contributed by atoms with van der Waals surface area (Å²) in [4.78, 5) is 46.2. The molecule has 0 aromatic heterocycles. The molecule has 1 spiro atoms. The summed E-state index contributed by atoms with van der Waals surface area (Å²) >= 11 is 0. The van der Waals surface area contributed by atoms with E-state index in [-0.39, 0.29) is 37.7 Å². The highest BCUT2D eigenvalue weighted by Crippen LogP contribution is 2.40. The maximum absolute atomic E-state index is 14.1. The molecule has 0 bridgehead atoms. The van der Waals surface area contributed by atoms with Crippen molar-refractivity contribution in [1.82, 2.24) is 15.1 Å². The van der Waals surface area contributed by atoms with E-state index in [1.807, 2.05) is 48.5 Å². The number of carbonyl (C=O) groups excluding carboxylic acids is 3. The number of para-hydroxylation sites is 1. The molecule has 3 aliphatic rings. The van der Waals surface area contributed by atoms with E-state index in [0.29, 0.717) is 61.0 Å². The van der Waals surface area contributed by atoms with Crippen molar-refractivity contribution in [3.63, 3.8) is 0 Å². The third kappa shape index (κ3) is 5.26. The molecule has 0 radical (unpaired) electrons. The Morgan fingerprint density at radius 3 is 2.30 bits per heavy atom. The highest BCUT2D eigenvalue weighted by molar-refractivity contribution is 6.01. The van der Waals surface area contributed by atoms with Crippen molar-refractivity contribution in [2.24, 2.45) is 0 Å². The van der Waals surface area contributed by atoms with Crippen LogP contribution in [0, 0.1) is 0 Å². The highest BCUT2D eigenvalue weighted by atomic mass is 16.7. The fraction of sp³-hybridized carbons (Fsp3) is 0.344. The van der Waals surface area contributed by atoms with Crippen molar-refractivity contribution >= 4 is 23.4 Å². The number of hydrogen-bond donors (Lipinski definition) is 1. The largest absolute Gasteiger partial charge is 0.496 e. The molecule has 3 heterocycles. The topological polar surface area (TPSA) is 110 Å². The minimum absolute atomic E-state index is 0.0739. The first-order valence-corrected chi connectivity index (χ1v) is 14.2. The SMILES string of the molecule is COc1cccc(OC)c1C(=O)N1CCC2(CC1)C(=O)N(CC(=O)NCc1ccc3c(c1)OCO3)CN2c1ccccc1. The molecule has 1 N–H and O–H groups in total. The van der Waals surface area contributed by atoms with Crippen LogP contribution in [0.1, 0.15) is 28.8 Å². The summed E-state index contributed by atoms with van der Waals surface area (Å²) in [6.07, 6.45) is 0.832. The average molecular weight is 587 g/mol. The van der Waals surface area contributed by atoms with Crippen molar-refractivity contribution in [2.75, 3.05) is 52.2 Å². The predicted molar refractivity (Wildman–Crippen MR) is 157 cm³/mol. The Morgan fingerprint density at radius 2 is 1.60 bits per heavy atom. The van der Waals surface area contributed by atoms with E-state index >= 15 is 0 Å². The van der Waals surface area contributed by atoms with Gasteiger partial charge in [0.2, 0.25) is 12.7 Å². The molecule has 0 aliphatic carbocycles. The maximum atomic E-state index is 14.1. The van der Waals surface area contributed by atoms with Crippen LogP contribution in [0.3, 0.4) is 0 Å².